The van der Waals surface area contributed by atoms with Crippen molar-refractivity contribution in [2.75, 3.05) is 13.1 Å². The molecule has 1 aromatic rings. The fraction of sp³-hybridized carbons (Fsp3) is 0.650. The maximum Gasteiger partial charge on any atom is 0.315 e. The van der Waals surface area contributed by atoms with E-state index in [9.17, 15) is 13.2 Å². The van der Waals surface area contributed by atoms with Crippen molar-refractivity contribution in [3.63, 3.8) is 0 Å². The molecule has 1 aliphatic carbocycles. The standard InChI is InChI=1S/C20H31N3O3S/c24-20(22-17-10-5-2-1-3-6-11-17)21-16-18-12-9-15-23(18)27(25,26)19-13-7-4-8-14-19/h4,7-8,13-14,17-18H,1-3,5-6,9-12,15-16H2,(H2,21,22,24). The Labute approximate surface area is 162 Å². The molecule has 1 atom stereocenters. The van der Waals surface area contributed by atoms with Gasteiger partial charge in [-0.3, -0.25) is 0 Å². The average Bonchev–Trinajstić information content (AvgIpc) is 3.12. The van der Waals surface area contributed by atoms with Crippen LogP contribution in [0.5, 0.6) is 0 Å². The third-order valence-electron chi connectivity index (χ3n) is 5.61. The summed E-state index contributed by atoms with van der Waals surface area (Å²) in [6.45, 7) is 0.860. The number of carbonyl (C=O) groups is 1. The summed E-state index contributed by atoms with van der Waals surface area (Å²) in [6.07, 6.45) is 9.77. The molecule has 7 heteroatoms. The molecule has 1 saturated heterocycles. The smallest absolute Gasteiger partial charge is 0.315 e. The molecule has 2 N–H and O–H groups in total. The van der Waals surface area contributed by atoms with Gasteiger partial charge >= 0.3 is 6.03 Å². The van der Waals surface area contributed by atoms with Crippen LogP contribution in [0.15, 0.2) is 35.2 Å². The number of benzene rings is 1. The molecule has 150 valence electrons. The number of nitrogens with zero attached hydrogens (tertiary/aromatic N) is 1. The molecule has 2 aliphatic rings. The Morgan fingerprint density at radius 1 is 0.963 bits per heavy atom. The van der Waals surface area contributed by atoms with E-state index in [0.717, 1.165) is 38.5 Å². The first kappa shape index (κ1) is 20.1. The van der Waals surface area contributed by atoms with Crippen molar-refractivity contribution in [2.24, 2.45) is 0 Å². The van der Waals surface area contributed by atoms with Gasteiger partial charge in [0, 0.05) is 25.2 Å². The van der Waals surface area contributed by atoms with Gasteiger partial charge in [-0.15, -0.1) is 0 Å². The Hall–Kier alpha value is -1.60. The molecule has 0 radical (unpaired) electrons. The Morgan fingerprint density at radius 2 is 1.63 bits per heavy atom. The van der Waals surface area contributed by atoms with Crippen LogP contribution in [0, 0.1) is 0 Å². The number of urea groups is 1. The van der Waals surface area contributed by atoms with Crippen molar-refractivity contribution < 1.29 is 13.2 Å². The van der Waals surface area contributed by atoms with Gasteiger partial charge in [0.1, 0.15) is 0 Å². The Kier molecular flexibility index (Phi) is 7.13. The number of amides is 2. The molecule has 27 heavy (non-hydrogen) atoms. The number of hydrogen-bond donors (Lipinski definition) is 2. The van der Waals surface area contributed by atoms with Crippen LogP contribution >= 0.6 is 0 Å². The van der Waals surface area contributed by atoms with Crippen LogP contribution in [0.3, 0.4) is 0 Å². The highest BCUT2D eigenvalue weighted by molar-refractivity contribution is 7.89. The second kappa shape index (κ2) is 9.55. The number of hydrogen-bond acceptors (Lipinski definition) is 3. The largest absolute Gasteiger partial charge is 0.337 e. The second-order valence-electron chi connectivity index (χ2n) is 7.62. The molecule has 1 heterocycles. The minimum absolute atomic E-state index is 0.176. The van der Waals surface area contributed by atoms with Crippen molar-refractivity contribution in [2.45, 2.75) is 74.8 Å². The molecule has 0 aromatic heterocycles. The molecule has 0 spiro atoms. The Bertz CT molecular complexity index is 700. The summed E-state index contributed by atoms with van der Waals surface area (Å²) < 4.78 is 27.3. The minimum atomic E-state index is -3.51. The van der Waals surface area contributed by atoms with E-state index in [2.05, 4.69) is 10.6 Å². The fourth-order valence-corrected chi connectivity index (χ4v) is 5.82. The van der Waals surface area contributed by atoms with Crippen LogP contribution < -0.4 is 10.6 Å². The number of carbonyl (C=O) groups excluding carboxylic acids is 1. The first-order valence-electron chi connectivity index (χ1n) is 10.2. The summed E-state index contributed by atoms with van der Waals surface area (Å²) in [4.78, 5) is 12.6. The predicted octanol–water partition coefficient (Wildman–Crippen LogP) is 3.25. The van der Waals surface area contributed by atoms with E-state index in [1.54, 1.807) is 28.6 Å². The molecule has 1 aliphatic heterocycles. The maximum absolute atomic E-state index is 12.9. The number of nitrogens with one attached hydrogen (secondary N) is 2. The highest BCUT2D eigenvalue weighted by Crippen LogP contribution is 2.25. The van der Waals surface area contributed by atoms with Crippen molar-refractivity contribution >= 4 is 16.1 Å². The van der Waals surface area contributed by atoms with Crippen LogP contribution in [0.4, 0.5) is 4.79 Å². The zero-order chi connectivity index (χ0) is 19.1. The first-order chi connectivity index (χ1) is 13.1. The van der Waals surface area contributed by atoms with Crippen LogP contribution in [0.25, 0.3) is 0 Å². The lowest BCUT2D eigenvalue weighted by Crippen LogP contribution is -2.48. The summed E-state index contributed by atoms with van der Waals surface area (Å²) in [5.41, 5.74) is 0. The zero-order valence-electron chi connectivity index (χ0n) is 15.9. The third-order valence-corrected chi connectivity index (χ3v) is 7.58. The number of rotatable bonds is 5. The second-order valence-corrected chi connectivity index (χ2v) is 9.51. The van der Waals surface area contributed by atoms with Crippen molar-refractivity contribution in [1.82, 2.24) is 14.9 Å². The molecular formula is C20H31N3O3S. The SMILES string of the molecule is O=C(NCC1CCCN1S(=O)(=O)c1ccccc1)NC1CCCCCCC1. The number of sulfonamides is 1. The summed E-state index contributed by atoms with van der Waals surface area (Å²) in [6, 6.07) is 8.40. The minimum Gasteiger partial charge on any atom is -0.337 e. The topological polar surface area (TPSA) is 78.5 Å². The molecule has 1 saturated carbocycles. The molecule has 6 nitrogen and oxygen atoms in total. The van der Waals surface area contributed by atoms with Gasteiger partial charge in [-0.1, -0.05) is 50.3 Å². The van der Waals surface area contributed by atoms with Gasteiger partial charge < -0.3 is 10.6 Å². The van der Waals surface area contributed by atoms with Gasteiger partial charge in [0.15, 0.2) is 0 Å². The lowest BCUT2D eigenvalue weighted by molar-refractivity contribution is 0.231. The Morgan fingerprint density at radius 3 is 2.33 bits per heavy atom. The van der Waals surface area contributed by atoms with Gasteiger partial charge in [-0.05, 0) is 37.8 Å². The molecule has 1 aromatic carbocycles. The summed E-state index contributed by atoms with van der Waals surface area (Å²) in [5.74, 6) is 0. The molecule has 3 rings (SSSR count). The van der Waals surface area contributed by atoms with Gasteiger partial charge in [-0.25, -0.2) is 13.2 Å². The predicted molar refractivity (Wildman–Crippen MR) is 106 cm³/mol. The lowest BCUT2D eigenvalue weighted by atomic mass is 9.97. The van der Waals surface area contributed by atoms with Crippen LogP contribution in [0.2, 0.25) is 0 Å². The van der Waals surface area contributed by atoms with Gasteiger partial charge in [0.25, 0.3) is 0 Å². The highest BCUT2D eigenvalue weighted by Gasteiger charge is 2.35. The Balaban J connectivity index is 1.53. The third kappa shape index (κ3) is 5.45. The zero-order valence-corrected chi connectivity index (χ0v) is 16.7. The fourth-order valence-electron chi connectivity index (χ4n) is 4.10. The molecule has 0 bridgehead atoms. The van der Waals surface area contributed by atoms with E-state index in [1.165, 1.54) is 19.3 Å². The summed E-state index contributed by atoms with van der Waals surface area (Å²) in [7, 11) is -3.51. The van der Waals surface area contributed by atoms with Gasteiger partial charge in [0.05, 0.1) is 4.90 Å². The van der Waals surface area contributed by atoms with Crippen LogP contribution in [0.1, 0.15) is 57.8 Å². The molecule has 2 fully saturated rings. The average molecular weight is 394 g/mol. The monoisotopic (exact) mass is 393 g/mol. The van der Waals surface area contributed by atoms with Gasteiger partial charge in [0.2, 0.25) is 10.0 Å². The maximum atomic E-state index is 12.9. The van der Waals surface area contributed by atoms with Crippen LogP contribution in [-0.4, -0.2) is 43.9 Å². The molecule has 2 amide bonds. The van der Waals surface area contributed by atoms with Crippen molar-refractivity contribution in [1.29, 1.82) is 0 Å². The lowest BCUT2D eigenvalue weighted by Gasteiger charge is -2.25. The van der Waals surface area contributed by atoms with Crippen molar-refractivity contribution in [3.8, 4) is 0 Å². The van der Waals surface area contributed by atoms with E-state index < -0.39 is 10.0 Å². The van der Waals surface area contributed by atoms with E-state index in [-0.39, 0.29) is 18.1 Å². The summed E-state index contributed by atoms with van der Waals surface area (Å²) >= 11 is 0. The first-order valence-corrected chi connectivity index (χ1v) is 11.6. The molecule has 1 unspecified atom stereocenters. The van der Waals surface area contributed by atoms with Crippen LogP contribution in [-0.2, 0) is 10.0 Å². The van der Waals surface area contributed by atoms with E-state index in [4.69, 9.17) is 0 Å². The summed E-state index contributed by atoms with van der Waals surface area (Å²) in [5, 5.41) is 5.98. The molecular weight excluding hydrogens is 362 g/mol. The van der Waals surface area contributed by atoms with Gasteiger partial charge in [-0.2, -0.15) is 4.31 Å². The van der Waals surface area contributed by atoms with E-state index in [1.807, 2.05) is 6.07 Å². The van der Waals surface area contributed by atoms with E-state index in [0.29, 0.717) is 18.0 Å². The van der Waals surface area contributed by atoms with Crippen molar-refractivity contribution in [3.05, 3.63) is 30.3 Å². The quantitative estimate of drug-likeness (QED) is 0.806. The normalized spacial score (nSPS) is 22.7. The van der Waals surface area contributed by atoms with E-state index >= 15 is 0 Å². The highest BCUT2D eigenvalue weighted by atomic mass is 32.2.